The van der Waals surface area contributed by atoms with E-state index in [0.717, 1.165) is 16.9 Å². The molecule has 0 saturated carbocycles. The van der Waals surface area contributed by atoms with Gasteiger partial charge >= 0.3 is 0 Å². The van der Waals surface area contributed by atoms with Crippen molar-refractivity contribution in [1.29, 1.82) is 5.26 Å². The van der Waals surface area contributed by atoms with Crippen LogP contribution in [0.4, 0.5) is 0 Å². The van der Waals surface area contributed by atoms with Gasteiger partial charge in [-0.25, -0.2) is 0 Å². The van der Waals surface area contributed by atoms with E-state index in [1.165, 1.54) is 0 Å². The zero-order chi connectivity index (χ0) is 13.2. The average molecular weight is 248 g/mol. The minimum Gasteiger partial charge on any atom is -0.438 e. The first kappa shape index (κ1) is 11.4. The molecule has 0 radical (unpaired) electrons. The third-order valence-corrected chi connectivity index (χ3v) is 3.11. The Kier molecular flexibility index (Phi) is 2.70. The van der Waals surface area contributed by atoms with Crippen LogP contribution in [0.15, 0.2) is 59.3 Å². The molecule has 3 nitrogen and oxygen atoms in total. The van der Waals surface area contributed by atoms with Gasteiger partial charge in [-0.3, -0.25) is 4.57 Å². The highest BCUT2D eigenvalue weighted by Crippen LogP contribution is 2.32. The standard InChI is InChI=1S/C16H12N2O/c1-12-14(11-17)16(18-9-5-6-10-18)19-15(12)13-7-3-2-4-8-13/h2-10H,1H3. The van der Waals surface area contributed by atoms with Crippen LogP contribution in [0.3, 0.4) is 0 Å². The number of hydrogen-bond donors (Lipinski definition) is 0. The molecule has 0 bridgehead atoms. The fraction of sp³-hybridized carbons (Fsp3) is 0.0625. The average Bonchev–Trinajstić information content (AvgIpc) is 3.07. The van der Waals surface area contributed by atoms with Crippen LogP contribution in [-0.4, -0.2) is 4.57 Å². The van der Waals surface area contributed by atoms with Crippen LogP contribution in [0.2, 0.25) is 0 Å². The summed E-state index contributed by atoms with van der Waals surface area (Å²) in [6.07, 6.45) is 3.74. The second-order valence-corrected chi connectivity index (χ2v) is 4.30. The molecule has 0 saturated heterocycles. The minimum absolute atomic E-state index is 0.573. The van der Waals surface area contributed by atoms with Crippen molar-refractivity contribution < 1.29 is 4.42 Å². The summed E-state index contributed by atoms with van der Waals surface area (Å²) in [4.78, 5) is 0. The van der Waals surface area contributed by atoms with Gasteiger partial charge < -0.3 is 4.42 Å². The number of rotatable bonds is 2. The molecule has 0 N–H and O–H groups in total. The summed E-state index contributed by atoms with van der Waals surface area (Å²) >= 11 is 0. The van der Waals surface area contributed by atoms with Crippen molar-refractivity contribution in [1.82, 2.24) is 4.57 Å². The second kappa shape index (κ2) is 4.51. The van der Waals surface area contributed by atoms with Crippen molar-refractivity contribution >= 4 is 0 Å². The summed E-state index contributed by atoms with van der Waals surface area (Å²) in [5, 5.41) is 9.33. The molecule has 0 atom stereocenters. The number of nitrogens with zero attached hydrogens (tertiary/aromatic N) is 2. The minimum atomic E-state index is 0.573. The van der Waals surface area contributed by atoms with Gasteiger partial charge in [-0.2, -0.15) is 5.26 Å². The topological polar surface area (TPSA) is 41.9 Å². The molecule has 0 aliphatic heterocycles. The van der Waals surface area contributed by atoms with Gasteiger partial charge in [0.25, 0.3) is 0 Å². The van der Waals surface area contributed by atoms with Crippen LogP contribution in [0.5, 0.6) is 0 Å². The number of aromatic nitrogens is 1. The molecule has 92 valence electrons. The maximum Gasteiger partial charge on any atom is 0.222 e. The van der Waals surface area contributed by atoms with Gasteiger partial charge in [0.15, 0.2) is 0 Å². The van der Waals surface area contributed by atoms with Gasteiger partial charge in [0.2, 0.25) is 5.88 Å². The number of hydrogen-bond acceptors (Lipinski definition) is 2. The molecule has 0 unspecified atom stereocenters. The molecule has 3 aromatic rings. The predicted molar refractivity (Wildman–Crippen MR) is 72.9 cm³/mol. The molecule has 19 heavy (non-hydrogen) atoms. The molecule has 0 amide bonds. The summed E-state index contributed by atoms with van der Waals surface area (Å²) < 4.78 is 7.72. The van der Waals surface area contributed by atoms with Gasteiger partial charge in [-0.15, -0.1) is 0 Å². The van der Waals surface area contributed by atoms with Crippen molar-refractivity contribution in [3.05, 3.63) is 66.0 Å². The molecule has 0 fully saturated rings. The Hall–Kier alpha value is -2.73. The van der Waals surface area contributed by atoms with E-state index in [1.807, 2.05) is 66.3 Å². The van der Waals surface area contributed by atoms with Gasteiger partial charge in [0, 0.05) is 23.5 Å². The molecule has 1 aromatic carbocycles. The van der Waals surface area contributed by atoms with Crippen LogP contribution in [0.1, 0.15) is 11.1 Å². The number of nitriles is 1. The highest BCUT2D eigenvalue weighted by atomic mass is 16.4. The molecule has 3 rings (SSSR count). The highest BCUT2D eigenvalue weighted by Gasteiger charge is 2.18. The third kappa shape index (κ3) is 1.84. The lowest BCUT2D eigenvalue weighted by molar-refractivity contribution is 0.550. The Morgan fingerprint density at radius 3 is 2.37 bits per heavy atom. The third-order valence-electron chi connectivity index (χ3n) is 3.11. The van der Waals surface area contributed by atoms with Gasteiger partial charge in [-0.05, 0) is 19.1 Å². The van der Waals surface area contributed by atoms with E-state index >= 15 is 0 Å². The van der Waals surface area contributed by atoms with Gasteiger partial charge in [0.05, 0.1) is 0 Å². The summed E-state index contributed by atoms with van der Waals surface area (Å²) in [5.41, 5.74) is 2.43. The maximum absolute atomic E-state index is 9.33. The quantitative estimate of drug-likeness (QED) is 0.689. The van der Waals surface area contributed by atoms with Crippen molar-refractivity contribution in [3.63, 3.8) is 0 Å². The molecular weight excluding hydrogens is 236 g/mol. The molecule has 0 aliphatic carbocycles. The lowest BCUT2D eigenvalue weighted by Crippen LogP contribution is -1.90. The van der Waals surface area contributed by atoms with E-state index < -0.39 is 0 Å². The van der Waals surface area contributed by atoms with Crippen molar-refractivity contribution in [3.8, 4) is 23.3 Å². The van der Waals surface area contributed by atoms with Crippen molar-refractivity contribution in [2.24, 2.45) is 0 Å². The first-order chi connectivity index (χ1) is 9.31. The van der Waals surface area contributed by atoms with E-state index in [9.17, 15) is 5.26 Å². The van der Waals surface area contributed by atoms with Crippen LogP contribution < -0.4 is 0 Å². The Labute approximate surface area is 111 Å². The van der Waals surface area contributed by atoms with Crippen molar-refractivity contribution in [2.45, 2.75) is 6.92 Å². The van der Waals surface area contributed by atoms with Crippen LogP contribution >= 0.6 is 0 Å². The lowest BCUT2D eigenvalue weighted by atomic mass is 10.1. The molecule has 0 spiro atoms. The fourth-order valence-corrected chi connectivity index (χ4v) is 2.15. The largest absolute Gasteiger partial charge is 0.438 e. The first-order valence-corrected chi connectivity index (χ1v) is 6.03. The fourth-order valence-electron chi connectivity index (χ4n) is 2.15. The Morgan fingerprint density at radius 2 is 1.74 bits per heavy atom. The molecular formula is C16H12N2O. The van der Waals surface area contributed by atoms with E-state index in [1.54, 1.807) is 0 Å². The molecule has 0 aliphatic rings. The second-order valence-electron chi connectivity index (χ2n) is 4.30. The zero-order valence-electron chi connectivity index (χ0n) is 10.5. The predicted octanol–water partition coefficient (Wildman–Crippen LogP) is 3.92. The normalized spacial score (nSPS) is 10.3. The molecule has 3 heteroatoms. The first-order valence-electron chi connectivity index (χ1n) is 6.03. The van der Waals surface area contributed by atoms with E-state index in [-0.39, 0.29) is 0 Å². The molecule has 2 heterocycles. The van der Waals surface area contributed by atoms with E-state index in [4.69, 9.17) is 4.42 Å². The smallest absolute Gasteiger partial charge is 0.222 e. The monoisotopic (exact) mass is 248 g/mol. The van der Waals surface area contributed by atoms with Gasteiger partial charge in [-0.1, -0.05) is 30.3 Å². The maximum atomic E-state index is 9.33. The number of benzene rings is 1. The van der Waals surface area contributed by atoms with Crippen LogP contribution in [0.25, 0.3) is 17.2 Å². The summed E-state index contributed by atoms with van der Waals surface area (Å²) in [7, 11) is 0. The lowest BCUT2D eigenvalue weighted by Gasteiger charge is -1.98. The van der Waals surface area contributed by atoms with Crippen LogP contribution in [-0.2, 0) is 0 Å². The summed E-state index contributed by atoms with van der Waals surface area (Å²) in [6, 6.07) is 15.9. The van der Waals surface area contributed by atoms with E-state index in [0.29, 0.717) is 11.4 Å². The summed E-state index contributed by atoms with van der Waals surface area (Å²) in [5.74, 6) is 1.32. The molecule has 2 aromatic heterocycles. The van der Waals surface area contributed by atoms with Gasteiger partial charge in [0.1, 0.15) is 17.4 Å². The summed E-state index contributed by atoms with van der Waals surface area (Å²) in [6.45, 7) is 1.91. The Balaban J connectivity index is 2.22. The Bertz CT molecular complexity index is 731. The highest BCUT2D eigenvalue weighted by molar-refractivity contribution is 5.67. The number of furan rings is 1. The van der Waals surface area contributed by atoms with E-state index in [2.05, 4.69) is 6.07 Å². The van der Waals surface area contributed by atoms with Crippen molar-refractivity contribution in [2.75, 3.05) is 0 Å². The van der Waals surface area contributed by atoms with Crippen LogP contribution in [0, 0.1) is 18.3 Å². The zero-order valence-corrected chi connectivity index (χ0v) is 10.5. The SMILES string of the molecule is Cc1c(-c2ccccc2)oc(-n2cccc2)c1C#N. The Morgan fingerprint density at radius 1 is 1.05 bits per heavy atom.